The Hall–Kier alpha value is -2.89. The van der Waals surface area contributed by atoms with E-state index in [2.05, 4.69) is 20.9 Å². The van der Waals surface area contributed by atoms with Crippen LogP contribution < -0.4 is 9.80 Å². The first-order chi connectivity index (χ1) is 13.1. The average molecular weight is 384 g/mol. The molecule has 0 atom stereocenters. The van der Waals surface area contributed by atoms with Gasteiger partial charge in [0, 0.05) is 32.2 Å². The lowest BCUT2D eigenvalue weighted by atomic mass is 10.3. The number of fused-ring (bicyclic) bond motifs is 1. The summed E-state index contributed by atoms with van der Waals surface area (Å²) in [5, 5.41) is 10.1. The molecule has 1 saturated heterocycles. The van der Waals surface area contributed by atoms with Crippen LogP contribution in [0.3, 0.4) is 0 Å². The van der Waals surface area contributed by atoms with Gasteiger partial charge in [0.15, 0.2) is 17.0 Å². The van der Waals surface area contributed by atoms with Crippen molar-refractivity contribution in [1.29, 1.82) is 5.26 Å². The lowest BCUT2D eigenvalue weighted by Gasteiger charge is -2.27. The normalized spacial score (nSPS) is 14.4. The first-order valence-corrected chi connectivity index (χ1v) is 8.93. The average Bonchev–Trinajstić information content (AvgIpc) is 3.08. The molecule has 0 radical (unpaired) electrons. The fraction of sp³-hybridized carbons (Fsp3) is 0.333. The van der Waals surface area contributed by atoms with Crippen molar-refractivity contribution in [2.75, 3.05) is 50.2 Å². The van der Waals surface area contributed by atoms with Crippen LogP contribution in [-0.2, 0) is 4.74 Å². The summed E-state index contributed by atoms with van der Waals surface area (Å²) in [6, 6.07) is 9.51. The number of imidazole rings is 1. The maximum atomic E-state index is 9.46. The van der Waals surface area contributed by atoms with Gasteiger partial charge in [-0.15, -0.1) is 0 Å². The van der Waals surface area contributed by atoms with E-state index in [4.69, 9.17) is 21.3 Å². The Kier molecular flexibility index (Phi) is 4.56. The number of anilines is 2. The third-order valence-corrected chi connectivity index (χ3v) is 4.62. The number of nitriles is 1. The van der Waals surface area contributed by atoms with Crippen LogP contribution >= 0.6 is 11.6 Å². The van der Waals surface area contributed by atoms with E-state index in [1.165, 1.54) is 0 Å². The van der Waals surface area contributed by atoms with Gasteiger partial charge in [0.1, 0.15) is 6.07 Å². The second-order valence-electron chi connectivity index (χ2n) is 6.37. The largest absolute Gasteiger partial charge is 0.378 e. The van der Waals surface area contributed by atoms with Gasteiger partial charge in [-0.2, -0.15) is 15.2 Å². The molecule has 1 aromatic carbocycles. The molecule has 8 nitrogen and oxygen atoms in total. The molecule has 0 spiro atoms. The van der Waals surface area contributed by atoms with E-state index < -0.39 is 0 Å². The molecule has 0 aliphatic carbocycles. The summed E-state index contributed by atoms with van der Waals surface area (Å²) in [5.41, 5.74) is 2.12. The van der Waals surface area contributed by atoms with Crippen molar-refractivity contribution in [3.05, 3.63) is 35.1 Å². The van der Waals surface area contributed by atoms with Crippen LogP contribution in [0.15, 0.2) is 24.3 Å². The summed E-state index contributed by atoms with van der Waals surface area (Å²) in [7, 11) is 3.83. The second-order valence-corrected chi connectivity index (χ2v) is 6.81. The molecule has 9 heteroatoms. The number of rotatable bonds is 3. The van der Waals surface area contributed by atoms with Crippen LogP contribution in [0.25, 0.3) is 16.9 Å². The highest BCUT2D eigenvalue weighted by Crippen LogP contribution is 2.31. The van der Waals surface area contributed by atoms with E-state index in [1.807, 2.05) is 47.8 Å². The Morgan fingerprint density at radius 1 is 1.11 bits per heavy atom. The highest BCUT2D eigenvalue weighted by molar-refractivity contribution is 6.30. The number of hydrogen-bond donors (Lipinski definition) is 0. The van der Waals surface area contributed by atoms with Gasteiger partial charge in [0.05, 0.1) is 18.9 Å². The van der Waals surface area contributed by atoms with E-state index >= 15 is 0 Å². The molecule has 27 heavy (non-hydrogen) atoms. The zero-order valence-corrected chi connectivity index (χ0v) is 15.8. The fourth-order valence-corrected chi connectivity index (χ4v) is 3.23. The van der Waals surface area contributed by atoms with Crippen molar-refractivity contribution in [1.82, 2.24) is 19.5 Å². The summed E-state index contributed by atoms with van der Waals surface area (Å²) in [4.78, 5) is 17.7. The second kappa shape index (κ2) is 7.02. The molecule has 3 heterocycles. The number of nitrogens with zero attached hydrogens (tertiary/aromatic N) is 7. The highest BCUT2D eigenvalue weighted by atomic mass is 35.5. The maximum Gasteiger partial charge on any atom is 0.236 e. The topological polar surface area (TPSA) is 83.1 Å². The van der Waals surface area contributed by atoms with Crippen LogP contribution in [0.4, 0.5) is 11.8 Å². The van der Waals surface area contributed by atoms with Crippen molar-refractivity contribution in [3.8, 4) is 11.8 Å². The third-order valence-electron chi connectivity index (χ3n) is 4.37. The van der Waals surface area contributed by atoms with Crippen LogP contribution in [-0.4, -0.2) is 59.9 Å². The molecular weight excluding hydrogens is 366 g/mol. The number of aromatic nitrogens is 4. The van der Waals surface area contributed by atoms with Gasteiger partial charge in [-0.1, -0.05) is 11.6 Å². The molecule has 138 valence electrons. The minimum absolute atomic E-state index is 0.115. The molecule has 0 bridgehead atoms. The van der Waals surface area contributed by atoms with Crippen molar-refractivity contribution >= 4 is 34.5 Å². The first-order valence-electron chi connectivity index (χ1n) is 8.55. The lowest BCUT2D eigenvalue weighted by Crippen LogP contribution is -2.37. The number of ether oxygens (including phenoxy) is 1. The van der Waals surface area contributed by atoms with Crippen molar-refractivity contribution in [2.24, 2.45) is 0 Å². The zero-order chi connectivity index (χ0) is 19.0. The number of benzene rings is 1. The minimum atomic E-state index is 0.115. The Labute approximate surface area is 161 Å². The van der Waals surface area contributed by atoms with Crippen molar-refractivity contribution < 1.29 is 4.74 Å². The molecular formula is C18H18ClN7O. The van der Waals surface area contributed by atoms with E-state index in [9.17, 15) is 5.26 Å². The Morgan fingerprint density at radius 2 is 1.81 bits per heavy atom. The Balaban J connectivity index is 2.00. The van der Waals surface area contributed by atoms with Gasteiger partial charge in [-0.25, -0.2) is 4.98 Å². The van der Waals surface area contributed by atoms with Gasteiger partial charge < -0.3 is 14.5 Å². The molecule has 0 saturated carbocycles. The predicted molar refractivity (Wildman–Crippen MR) is 104 cm³/mol. The SMILES string of the molecule is CN(C)c1nc2c(N3CCOCC3)nc(C#N)nc2n1-c1ccc(Cl)cc1. The van der Waals surface area contributed by atoms with Crippen LogP contribution in [0.5, 0.6) is 0 Å². The van der Waals surface area contributed by atoms with Gasteiger partial charge in [0.25, 0.3) is 0 Å². The summed E-state index contributed by atoms with van der Waals surface area (Å²) < 4.78 is 7.36. The molecule has 0 N–H and O–H groups in total. The number of morpholine rings is 1. The standard InChI is InChI=1S/C18H18ClN7O/c1-24(2)18-23-15-16(25-7-9-27-10-8-25)21-14(11-20)22-17(15)26(18)13-5-3-12(19)4-6-13/h3-6H,7-10H2,1-2H3. The molecule has 1 aliphatic rings. The molecule has 0 unspecified atom stereocenters. The molecule has 1 fully saturated rings. The molecule has 3 aromatic rings. The summed E-state index contributed by atoms with van der Waals surface area (Å²) in [6.07, 6.45) is 0. The van der Waals surface area contributed by atoms with Gasteiger partial charge in [-0.3, -0.25) is 4.57 Å². The van der Waals surface area contributed by atoms with E-state index in [0.717, 1.165) is 5.69 Å². The number of halogens is 1. The third kappa shape index (κ3) is 3.16. The molecule has 1 aliphatic heterocycles. The van der Waals surface area contributed by atoms with Crippen molar-refractivity contribution in [2.45, 2.75) is 0 Å². The molecule has 4 rings (SSSR count). The quantitative estimate of drug-likeness (QED) is 0.685. The Morgan fingerprint density at radius 3 is 2.44 bits per heavy atom. The monoisotopic (exact) mass is 383 g/mol. The van der Waals surface area contributed by atoms with Crippen LogP contribution in [0, 0.1) is 11.3 Å². The predicted octanol–water partition coefficient (Wildman–Crippen LogP) is 2.24. The molecule has 2 aromatic heterocycles. The van der Waals surface area contributed by atoms with E-state index in [-0.39, 0.29) is 5.82 Å². The van der Waals surface area contributed by atoms with Gasteiger partial charge in [-0.05, 0) is 24.3 Å². The summed E-state index contributed by atoms with van der Waals surface area (Å²) in [5.74, 6) is 1.48. The maximum absolute atomic E-state index is 9.46. The van der Waals surface area contributed by atoms with Gasteiger partial charge in [0.2, 0.25) is 11.8 Å². The van der Waals surface area contributed by atoms with Crippen molar-refractivity contribution in [3.63, 3.8) is 0 Å². The fourth-order valence-electron chi connectivity index (χ4n) is 3.11. The smallest absolute Gasteiger partial charge is 0.236 e. The van der Waals surface area contributed by atoms with E-state index in [0.29, 0.717) is 54.3 Å². The van der Waals surface area contributed by atoms with E-state index in [1.54, 1.807) is 0 Å². The first kappa shape index (κ1) is 17.5. The van der Waals surface area contributed by atoms with Crippen LogP contribution in [0.2, 0.25) is 5.02 Å². The summed E-state index contributed by atoms with van der Waals surface area (Å²) >= 11 is 6.05. The lowest BCUT2D eigenvalue weighted by molar-refractivity contribution is 0.122. The Bertz CT molecular complexity index is 1020. The van der Waals surface area contributed by atoms with Crippen LogP contribution in [0.1, 0.15) is 5.82 Å². The molecule has 0 amide bonds. The summed E-state index contributed by atoms with van der Waals surface area (Å²) in [6.45, 7) is 2.63. The minimum Gasteiger partial charge on any atom is -0.378 e. The highest BCUT2D eigenvalue weighted by Gasteiger charge is 2.24. The number of hydrogen-bond acceptors (Lipinski definition) is 7. The zero-order valence-electron chi connectivity index (χ0n) is 15.1. The van der Waals surface area contributed by atoms with Gasteiger partial charge >= 0.3 is 0 Å².